The number of morpholine rings is 1. The fourth-order valence-electron chi connectivity index (χ4n) is 2.03. The van der Waals surface area contributed by atoms with Crippen molar-refractivity contribution < 1.29 is 13.9 Å². The largest absolute Gasteiger partial charge is 0.449 e. The third kappa shape index (κ3) is 5.00. The van der Waals surface area contributed by atoms with E-state index in [1.54, 1.807) is 13.2 Å². The molecular weight excluding hydrogens is 246 g/mol. The summed E-state index contributed by atoms with van der Waals surface area (Å²) in [6, 6.07) is 0. The van der Waals surface area contributed by atoms with Gasteiger partial charge in [-0.05, 0) is 0 Å². The number of aryl methyl sites for hydroxylation is 2. The van der Waals surface area contributed by atoms with Crippen LogP contribution in [-0.2, 0) is 16.0 Å². The zero-order valence-corrected chi connectivity index (χ0v) is 11.4. The lowest BCUT2D eigenvalue weighted by atomic mass is 10.2. The highest BCUT2D eigenvalue weighted by atomic mass is 16.5. The van der Waals surface area contributed by atoms with Crippen LogP contribution in [0.2, 0.25) is 0 Å². The van der Waals surface area contributed by atoms with Gasteiger partial charge in [-0.15, -0.1) is 0 Å². The SMILES string of the molecule is Cc1nc(CCC(=O)NCCN2CCOCC2)co1. The van der Waals surface area contributed by atoms with E-state index >= 15 is 0 Å². The molecule has 0 aliphatic carbocycles. The van der Waals surface area contributed by atoms with Gasteiger partial charge in [0.05, 0.1) is 18.9 Å². The molecule has 1 fully saturated rings. The van der Waals surface area contributed by atoms with Gasteiger partial charge in [-0.25, -0.2) is 4.98 Å². The topological polar surface area (TPSA) is 67.6 Å². The minimum absolute atomic E-state index is 0.0638. The Hall–Kier alpha value is -1.40. The van der Waals surface area contributed by atoms with Crippen molar-refractivity contribution in [2.75, 3.05) is 39.4 Å². The molecule has 1 amide bonds. The van der Waals surface area contributed by atoms with Crippen LogP contribution in [0.3, 0.4) is 0 Å². The van der Waals surface area contributed by atoms with E-state index in [4.69, 9.17) is 9.15 Å². The van der Waals surface area contributed by atoms with E-state index in [1.807, 2.05) is 0 Å². The Labute approximate surface area is 113 Å². The van der Waals surface area contributed by atoms with Crippen molar-refractivity contribution in [3.63, 3.8) is 0 Å². The van der Waals surface area contributed by atoms with E-state index < -0.39 is 0 Å². The fourth-order valence-corrected chi connectivity index (χ4v) is 2.03. The van der Waals surface area contributed by atoms with Gasteiger partial charge in [-0.1, -0.05) is 0 Å². The summed E-state index contributed by atoms with van der Waals surface area (Å²) in [6.45, 7) is 6.86. The lowest BCUT2D eigenvalue weighted by Crippen LogP contribution is -2.41. The average molecular weight is 267 g/mol. The monoisotopic (exact) mass is 267 g/mol. The molecule has 0 bridgehead atoms. The molecule has 106 valence electrons. The van der Waals surface area contributed by atoms with Gasteiger partial charge < -0.3 is 14.5 Å². The molecule has 6 nitrogen and oxygen atoms in total. The Kier molecular flexibility index (Phi) is 5.35. The van der Waals surface area contributed by atoms with Gasteiger partial charge in [0, 0.05) is 45.9 Å². The molecule has 1 aromatic rings. The molecule has 1 aliphatic heterocycles. The molecular formula is C13H21N3O3. The predicted octanol–water partition coefficient (Wildman–Crippen LogP) is 0.364. The van der Waals surface area contributed by atoms with Crippen LogP contribution in [0.15, 0.2) is 10.7 Å². The molecule has 2 heterocycles. The number of nitrogens with one attached hydrogen (secondary N) is 1. The van der Waals surface area contributed by atoms with Gasteiger partial charge >= 0.3 is 0 Å². The Bertz CT molecular complexity index is 400. The molecule has 1 aromatic heterocycles. The third-order valence-electron chi connectivity index (χ3n) is 3.13. The smallest absolute Gasteiger partial charge is 0.220 e. The Morgan fingerprint density at radius 2 is 2.26 bits per heavy atom. The molecule has 1 saturated heterocycles. The molecule has 6 heteroatoms. The van der Waals surface area contributed by atoms with Crippen LogP contribution in [0.25, 0.3) is 0 Å². The van der Waals surface area contributed by atoms with Gasteiger partial charge in [0.2, 0.25) is 5.91 Å². The van der Waals surface area contributed by atoms with Crippen LogP contribution in [0.4, 0.5) is 0 Å². The van der Waals surface area contributed by atoms with E-state index in [0.29, 0.717) is 25.3 Å². The van der Waals surface area contributed by atoms with Crippen LogP contribution in [-0.4, -0.2) is 55.2 Å². The maximum Gasteiger partial charge on any atom is 0.220 e. The molecule has 2 rings (SSSR count). The van der Waals surface area contributed by atoms with Gasteiger partial charge in [-0.3, -0.25) is 9.69 Å². The van der Waals surface area contributed by atoms with Crippen LogP contribution in [0.1, 0.15) is 18.0 Å². The minimum Gasteiger partial charge on any atom is -0.449 e. The summed E-state index contributed by atoms with van der Waals surface area (Å²) in [6.07, 6.45) is 2.69. The number of rotatable bonds is 6. The maximum atomic E-state index is 11.7. The first-order valence-corrected chi connectivity index (χ1v) is 6.72. The highest BCUT2D eigenvalue weighted by Crippen LogP contribution is 2.03. The molecule has 0 unspecified atom stereocenters. The van der Waals surface area contributed by atoms with Gasteiger partial charge in [0.1, 0.15) is 6.26 Å². The van der Waals surface area contributed by atoms with Crippen molar-refractivity contribution >= 4 is 5.91 Å². The van der Waals surface area contributed by atoms with Crippen LogP contribution < -0.4 is 5.32 Å². The van der Waals surface area contributed by atoms with Crippen molar-refractivity contribution in [2.45, 2.75) is 19.8 Å². The summed E-state index contributed by atoms with van der Waals surface area (Å²) in [4.78, 5) is 18.1. The summed E-state index contributed by atoms with van der Waals surface area (Å²) in [5.74, 6) is 0.705. The number of aromatic nitrogens is 1. The lowest BCUT2D eigenvalue weighted by Gasteiger charge is -2.26. The Morgan fingerprint density at radius 1 is 1.47 bits per heavy atom. The Balaban J connectivity index is 1.56. The number of amides is 1. The van der Waals surface area contributed by atoms with E-state index in [-0.39, 0.29) is 5.91 Å². The molecule has 0 atom stereocenters. The zero-order chi connectivity index (χ0) is 13.5. The summed E-state index contributed by atoms with van der Waals surface area (Å²) in [7, 11) is 0. The van der Waals surface area contributed by atoms with Crippen LogP contribution in [0, 0.1) is 6.92 Å². The average Bonchev–Trinajstić information content (AvgIpc) is 2.83. The molecule has 0 spiro atoms. The highest BCUT2D eigenvalue weighted by Gasteiger charge is 2.10. The normalized spacial score (nSPS) is 16.5. The van der Waals surface area contributed by atoms with Crippen molar-refractivity contribution in [2.24, 2.45) is 0 Å². The maximum absolute atomic E-state index is 11.7. The molecule has 0 aromatic carbocycles. The molecule has 0 saturated carbocycles. The second-order valence-electron chi connectivity index (χ2n) is 4.66. The van der Waals surface area contributed by atoms with Gasteiger partial charge in [0.15, 0.2) is 5.89 Å². The van der Waals surface area contributed by atoms with Gasteiger partial charge in [0.25, 0.3) is 0 Å². The minimum atomic E-state index is 0.0638. The number of carbonyl (C=O) groups excluding carboxylic acids is 1. The predicted molar refractivity (Wildman–Crippen MR) is 69.8 cm³/mol. The van der Waals surface area contributed by atoms with Crippen molar-refractivity contribution in [1.82, 2.24) is 15.2 Å². The summed E-state index contributed by atoms with van der Waals surface area (Å²) >= 11 is 0. The van der Waals surface area contributed by atoms with E-state index in [1.165, 1.54) is 0 Å². The van der Waals surface area contributed by atoms with Crippen molar-refractivity contribution in [3.8, 4) is 0 Å². The molecule has 1 N–H and O–H groups in total. The van der Waals surface area contributed by atoms with Crippen molar-refractivity contribution in [1.29, 1.82) is 0 Å². The Morgan fingerprint density at radius 3 is 2.95 bits per heavy atom. The lowest BCUT2D eigenvalue weighted by molar-refractivity contribution is -0.121. The second-order valence-corrected chi connectivity index (χ2v) is 4.66. The number of hydrogen-bond acceptors (Lipinski definition) is 5. The standard InChI is InChI=1S/C13H21N3O3/c1-11-15-12(10-19-11)2-3-13(17)14-4-5-16-6-8-18-9-7-16/h10H,2-9H2,1H3,(H,14,17). The highest BCUT2D eigenvalue weighted by molar-refractivity contribution is 5.76. The first-order valence-electron chi connectivity index (χ1n) is 6.72. The molecule has 19 heavy (non-hydrogen) atoms. The second kappa shape index (κ2) is 7.25. The van der Waals surface area contributed by atoms with E-state index in [0.717, 1.165) is 38.5 Å². The fraction of sp³-hybridized carbons (Fsp3) is 0.692. The number of oxazole rings is 1. The quantitative estimate of drug-likeness (QED) is 0.806. The zero-order valence-electron chi connectivity index (χ0n) is 11.4. The summed E-state index contributed by atoms with van der Waals surface area (Å²) in [5.41, 5.74) is 0.834. The number of ether oxygens (including phenoxy) is 1. The third-order valence-corrected chi connectivity index (χ3v) is 3.13. The summed E-state index contributed by atoms with van der Waals surface area (Å²) in [5, 5.41) is 2.93. The summed E-state index contributed by atoms with van der Waals surface area (Å²) < 4.78 is 10.4. The van der Waals surface area contributed by atoms with E-state index in [9.17, 15) is 4.79 Å². The number of nitrogens with zero attached hydrogens (tertiary/aromatic N) is 2. The van der Waals surface area contributed by atoms with Crippen LogP contribution in [0.5, 0.6) is 0 Å². The van der Waals surface area contributed by atoms with Crippen LogP contribution >= 0.6 is 0 Å². The first kappa shape index (κ1) is 14.0. The molecule has 1 aliphatic rings. The van der Waals surface area contributed by atoms with Crippen molar-refractivity contribution in [3.05, 3.63) is 17.8 Å². The van der Waals surface area contributed by atoms with Gasteiger partial charge in [-0.2, -0.15) is 0 Å². The molecule has 0 radical (unpaired) electrons. The first-order chi connectivity index (χ1) is 9.24. The number of carbonyl (C=O) groups is 1. The van der Waals surface area contributed by atoms with E-state index in [2.05, 4.69) is 15.2 Å². The number of hydrogen-bond donors (Lipinski definition) is 1.